The van der Waals surface area contributed by atoms with Crippen LogP contribution in [0.25, 0.3) is 22.0 Å². The summed E-state index contributed by atoms with van der Waals surface area (Å²) < 4.78 is 41.3. The number of rotatable bonds is 3. The SMILES string of the molecule is FC(F)(F)Oc1cccc(-c2ccc3nc(N4CCCCC4)ccc3c2)c1. The number of ether oxygens (including phenoxy) is 1. The number of fused-ring (bicyclic) bond motifs is 1. The number of benzene rings is 2. The van der Waals surface area contributed by atoms with Crippen LogP contribution < -0.4 is 9.64 Å². The average Bonchev–Trinajstić information content (AvgIpc) is 2.67. The molecule has 0 amide bonds. The first kappa shape index (κ1) is 17.6. The van der Waals surface area contributed by atoms with E-state index in [-0.39, 0.29) is 5.75 Å². The molecular weight excluding hydrogens is 353 g/mol. The molecule has 6 heteroatoms. The van der Waals surface area contributed by atoms with Crippen LogP contribution in [0, 0.1) is 0 Å². The number of piperidine rings is 1. The minimum Gasteiger partial charge on any atom is -0.406 e. The monoisotopic (exact) mass is 372 g/mol. The molecule has 2 aromatic carbocycles. The van der Waals surface area contributed by atoms with Gasteiger partial charge < -0.3 is 9.64 Å². The van der Waals surface area contributed by atoms with E-state index in [1.165, 1.54) is 31.4 Å². The first-order valence-corrected chi connectivity index (χ1v) is 9.00. The van der Waals surface area contributed by atoms with Gasteiger partial charge >= 0.3 is 6.36 Å². The standard InChI is InChI=1S/C21H19F3N2O/c22-21(23,24)27-18-6-4-5-15(14-18)16-7-9-19-17(13-16)8-10-20(25-19)26-11-2-1-3-12-26/h4-10,13-14H,1-3,11-12H2. The van der Waals surface area contributed by atoms with Gasteiger partial charge in [-0.1, -0.05) is 18.2 Å². The fourth-order valence-corrected chi connectivity index (χ4v) is 3.47. The normalized spacial score (nSPS) is 15.1. The molecule has 0 atom stereocenters. The largest absolute Gasteiger partial charge is 0.573 e. The van der Waals surface area contributed by atoms with Crippen molar-refractivity contribution in [1.82, 2.24) is 4.98 Å². The summed E-state index contributed by atoms with van der Waals surface area (Å²) in [4.78, 5) is 7.05. The predicted molar refractivity (Wildman–Crippen MR) is 99.9 cm³/mol. The van der Waals surface area contributed by atoms with Crippen molar-refractivity contribution in [2.24, 2.45) is 0 Å². The molecule has 0 spiro atoms. The Morgan fingerprint density at radius 1 is 0.852 bits per heavy atom. The maximum Gasteiger partial charge on any atom is 0.573 e. The maximum absolute atomic E-state index is 12.4. The van der Waals surface area contributed by atoms with E-state index >= 15 is 0 Å². The molecule has 1 fully saturated rings. The number of anilines is 1. The minimum absolute atomic E-state index is 0.223. The predicted octanol–water partition coefficient (Wildman–Crippen LogP) is 5.79. The summed E-state index contributed by atoms with van der Waals surface area (Å²) in [7, 11) is 0. The van der Waals surface area contributed by atoms with Crippen LogP contribution in [-0.4, -0.2) is 24.4 Å². The van der Waals surface area contributed by atoms with Crippen molar-refractivity contribution in [2.75, 3.05) is 18.0 Å². The van der Waals surface area contributed by atoms with Crippen LogP contribution >= 0.6 is 0 Å². The Labute approximate surface area is 155 Å². The van der Waals surface area contributed by atoms with Gasteiger partial charge in [-0.25, -0.2) is 4.98 Å². The van der Waals surface area contributed by atoms with Gasteiger partial charge in [-0.15, -0.1) is 13.2 Å². The summed E-state index contributed by atoms with van der Waals surface area (Å²) in [5.74, 6) is 0.759. The second-order valence-electron chi connectivity index (χ2n) is 6.70. The Bertz CT molecular complexity index is 950. The van der Waals surface area contributed by atoms with Crippen LogP contribution in [0.5, 0.6) is 5.75 Å². The summed E-state index contributed by atoms with van der Waals surface area (Å²) in [6.45, 7) is 2.06. The third kappa shape index (κ3) is 4.15. The van der Waals surface area contributed by atoms with E-state index in [2.05, 4.69) is 9.64 Å². The summed E-state index contributed by atoms with van der Waals surface area (Å²) in [6.07, 6.45) is -1.05. The van der Waals surface area contributed by atoms with Crippen molar-refractivity contribution in [3.8, 4) is 16.9 Å². The fourth-order valence-electron chi connectivity index (χ4n) is 3.47. The molecule has 3 nitrogen and oxygen atoms in total. The van der Waals surface area contributed by atoms with E-state index in [1.54, 1.807) is 12.1 Å². The second kappa shape index (κ2) is 7.10. The fraction of sp³-hybridized carbons (Fsp3) is 0.286. The van der Waals surface area contributed by atoms with Gasteiger partial charge in [0.1, 0.15) is 11.6 Å². The smallest absolute Gasteiger partial charge is 0.406 e. The zero-order valence-corrected chi connectivity index (χ0v) is 14.7. The lowest BCUT2D eigenvalue weighted by Gasteiger charge is -2.27. The molecule has 4 rings (SSSR count). The third-order valence-corrected chi connectivity index (χ3v) is 4.76. The summed E-state index contributed by atoms with van der Waals surface area (Å²) >= 11 is 0. The van der Waals surface area contributed by atoms with Crippen LogP contribution in [0.15, 0.2) is 54.6 Å². The van der Waals surface area contributed by atoms with Gasteiger partial charge in [-0.2, -0.15) is 0 Å². The first-order valence-electron chi connectivity index (χ1n) is 9.00. The Morgan fingerprint density at radius 3 is 2.41 bits per heavy atom. The summed E-state index contributed by atoms with van der Waals surface area (Å²) in [5, 5.41) is 0.954. The molecule has 27 heavy (non-hydrogen) atoms. The number of alkyl halides is 3. The lowest BCUT2D eigenvalue weighted by molar-refractivity contribution is -0.274. The molecule has 0 N–H and O–H groups in total. The number of hydrogen-bond acceptors (Lipinski definition) is 3. The number of nitrogens with zero attached hydrogens (tertiary/aromatic N) is 2. The zero-order valence-electron chi connectivity index (χ0n) is 14.7. The van der Waals surface area contributed by atoms with Gasteiger partial charge in [-0.05, 0) is 66.8 Å². The van der Waals surface area contributed by atoms with Crippen LogP contribution in [0.1, 0.15) is 19.3 Å². The van der Waals surface area contributed by atoms with E-state index in [0.717, 1.165) is 35.4 Å². The van der Waals surface area contributed by atoms with Gasteiger partial charge in [0.15, 0.2) is 0 Å². The quantitative estimate of drug-likeness (QED) is 0.582. The van der Waals surface area contributed by atoms with Gasteiger partial charge in [0.2, 0.25) is 0 Å². The average molecular weight is 372 g/mol. The highest BCUT2D eigenvalue weighted by molar-refractivity contribution is 5.85. The number of hydrogen-bond donors (Lipinski definition) is 0. The number of halogens is 3. The minimum atomic E-state index is -4.70. The molecule has 140 valence electrons. The van der Waals surface area contributed by atoms with E-state index in [1.807, 2.05) is 30.3 Å². The lowest BCUT2D eigenvalue weighted by atomic mass is 10.0. The van der Waals surface area contributed by atoms with Crippen molar-refractivity contribution in [3.63, 3.8) is 0 Å². The van der Waals surface area contributed by atoms with E-state index in [0.29, 0.717) is 5.56 Å². The van der Waals surface area contributed by atoms with Crippen LogP contribution in [0.3, 0.4) is 0 Å². The molecule has 1 aromatic heterocycles. The number of pyridine rings is 1. The summed E-state index contributed by atoms with van der Waals surface area (Å²) in [6, 6.07) is 15.8. The summed E-state index contributed by atoms with van der Waals surface area (Å²) in [5.41, 5.74) is 2.37. The van der Waals surface area contributed by atoms with Crippen molar-refractivity contribution in [3.05, 3.63) is 54.6 Å². The molecule has 3 aromatic rings. The molecule has 0 bridgehead atoms. The second-order valence-corrected chi connectivity index (χ2v) is 6.70. The maximum atomic E-state index is 12.4. The first-order chi connectivity index (χ1) is 13.0. The highest BCUT2D eigenvalue weighted by Gasteiger charge is 2.31. The van der Waals surface area contributed by atoms with Crippen LogP contribution in [0.2, 0.25) is 0 Å². The Morgan fingerprint density at radius 2 is 1.63 bits per heavy atom. The van der Waals surface area contributed by atoms with Gasteiger partial charge in [0, 0.05) is 18.5 Å². The molecule has 0 radical (unpaired) electrons. The molecule has 0 unspecified atom stereocenters. The zero-order chi connectivity index (χ0) is 18.9. The Balaban J connectivity index is 1.63. The Kier molecular flexibility index (Phi) is 4.64. The van der Waals surface area contributed by atoms with Crippen molar-refractivity contribution in [2.45, 2.75) is 25.6 Å². The number of aromatic nitrogens is 1. The molecule has 2 heterocycles. The van der Waals surface area contributed by atoms with Crippen molar-refractivity contribution < 1.29 is 17.9 Å². The van der Waals surface area contributed by atoms with Crippen molar-refractivity contribution >= 4 is 16.7 Å². The highest BCUT2D eigenvalue weighted by atomic mass is 19.4. The van der Waals surface area contributed by atoms with Gasteiger partial charge in [-0.3, -0.25) is 0 Å². The van der Waals surface area contributed by atoms with E-state index in [9.17, 15) is 13.2 Å². The van der Waals surface area contributed by atoms with Gasteiger partial charge in [0.25, 0.3) is 0 Å². The van der Waals surface area contributed by atoms with Crippen LogP contribution in [0.4, 0.5) is 19.0 Å². The van der Waals surface area contributed by atoms with Gasteiger partial charge in [0.05, 0.1) is 5.52 Å². The van der Waals surface area contributed by atoms with Crippen LogP contribution in [-0.2, 0) is 0 Å². The molecule has 1 saturated heterocycles. The lowest BCUT2D eigenvalue weighted by Crippen LogP contribution is -2.30. The topological polar surface area (TPSA) is 25.4 Å². The molecule has 1 aliphatic rings. The van der Waals surface area contributed by atoms with E-state index < -0.39 is 6.36 Å². The Hall–Kier alpha value is -2.76. The molecule has 0 aliphatic carbocycles. The third-order valence-electron chi connectivity index (χ3n) is 4.76. The molecule has 1 aliphatic heterocycles. The van der Waals surface area contributed by atoms with E-state index in [4.69, 9.17) is 4.98 Å². The van der Waals surface area contributed by atoms with Crippen molar-refractivity contribution in [1.29, 1.82) is 0 Å². The highest BCUT2D eigenvalue weighted by Crippen LogP contribution is 2.30. The molecule has 0 saturated carbocycles. The molecular formula is C21H19F3N2O.